The van der Waals surface area contributed by atoms with Crippen LogP contribution in [0, 0.1) is 0 Å². The molecule has 1 aromatic heterocycles. The molecule has 1 N–H and O–H groups in total. The van der Waals surface area contributed by atoms with Gasteiger partial charge < -0.3 is 4.90 Å². The largest absolute Gasteiger partial charge is 0.355 e. The minimum atomic E-state index is -3.15. The van der Waals surface area contributed by atoms with Crippen molar-refractivity contribution in [3.8, 4) is 44.8 Å². The van der Waals surface area contributed by atoms with E-state index in [1.807, 2.05) is 97.1 Å². The third-order valence-corrected chi connectivity index (χ3v) is 12.9. The number of fused-ring (bicyclic) bond motifs is 3. The number of hydrogen-bond acceptors (Lipinski definition) is 4. The molecule has 7 aromatic carbocycles. The Morgan fingerprint density at radius 2 is 1.00 bits per heavy atom. The highest BCUT2D eigenvalue weighted by molar-refractivity contribution is 5.86. The van der Waals surface area contributed by atoms with E-state index in [1.165, 1.54) is 5.56 Å². The van der Waals surface area contributed by atoms with E-state index in [-0.39, 0.29) is 23.3 Å². The highest BCUT2D eigenvalue weighted by Crippen LogP contribution is 2.53. The molecule has 4 nitrogen and oxygen atoms in total. The van der Waals surface area contributed by atoms with Gasteiger partial charge in [0.15, 0.2) is 5.82 Å². The fraction of sp³-hybridized carbons (Fsp3) is 0.103. The number of nitrogens with one attached hydrogen (secondary N) is 1. The fourth-order valence-corrected chi connectivity index (χ4v) is 9.45. The van der Waals surface area contributed by atoms with Crippen molar-refractivity contribution in [2.24, 2.45) is 0 Å². The van der Waals surface area contributed by atoms with Gasteiger partial charge in [-0.1, -0.05) is 182 Å². The molecule has 2 unspecified atom stereocenters. The first-order chi connectivity index (χ1) is 31.4. The number of nitrogens with zero attached hydrogens (tertiary/aromatic N) is 3. The van der Waals surface area contributed by atoms with Gasteiger partial charge in [0, 0.05) is 35.0 Å². The number of hydrogen-bond donors (Lipinski definition) is 1. The van der Waals surface area contributed by atoms with Crippen molar-refractivity contribution in [2.45, 2.75) is 31.0 Å². The molecule has 64 heavy (non-hydrogen) atoms. The Hall–Kier alpha value is -7.54. The highest BCUT2D eigenvalue weighted by atomic mass is 19.3. The average molecular weight is 835 g/mol. The summed E-state index contributed by atoms with van der Waals surface area (Å²) in [6.07, 6.45) is 7.65. The Balaban J connectivity index is 0.854. The first-order valence-electron chi connectivity index (χ1n) is 21.9. The summed E-state index contributed by atoms with van der Waals surface area (Å²) in [7, 11) is 2.11. The van der Waals surface area contributed by atoms with Crippen LogP contribution in [-0.4, -0.2) is 21.9 Å². The normalized spacial score (nSPS) is 17.5. The summed E-state index contributed by atoms with van der Waals surface area (Å²) in [5.74, 6) is -2.46. The van der Waals surface area contributed by atoms with Crippen LogP contribution in [0.3, 0.4) is 0 Å². The number of halogens is 2. The maximum absolute atomic E-state index is 16.6. The number of alkyl halides is 2. The molecule has 3 aliphatic rings. The molecular weight excluding hydrogens is 791 g/mol. The van der Waals surface area contributed by atoms with E-state index >= 15 is 8.78 Å². The van der Waals surface area contributed by atoms with Crippen molar-refractivity contribution in [3.05, 3.63) is 245 Å². The molecule has 6 heteroatoms. The molecule has 0 bridgehead atoms. The Labute approximate surface area is 372 Å². The fourth-order valence-electron chi connectivity index (χ4n) is 9.45. The second-order valence-electron chi connectivity index (χ2n) is 16.8. The van der Waals surface area contributed by atoms with Crippen molar-refractivity contribution in [2.75, 3.05) is 7.05 Å². The number of aromatic nitrogens is 2. The molecule has 0 saturated heterocycles. The van der Waals surface area contributed by atoms with E-state index in [0.717, 1.165) is 67.2 Å². The second-order valence-corrected chi connectivity index (χ2v) is 16.8. The lowest BCUT2D eigenvalue weighted by Gasteiger charge is -2.40. The van der Waals surface area contributed by atoms with Crippen LogP contribution in [0.2, 0.25) is 0 Å². The van der Waals surface area contributed by atoms with Gasteiger partial charge in [0.25, 0.3) is 5.92 Å². The summed E-state index contributed by atoms with van der Waals surface area (Å²) < 4.78 is 33.3. The van der Waals surface area contributed by atoms with Crippen LogP contribution in [0.4, 0.5) is 8.78 Å². The topological polar surface area (TPSA) is 41.0 Å². The third kappa shape index (κ3) is 7.26. The summed E-state index contributed by atoms with van der Waals surface area (Å²) in [5, 5.41) is 3.84. The predicted molar refractivity (Wildman–Crippen MR) is 256 cm³/mol. The lowest BCUT2D eigenvalue weighted by molar-refractivity contribution is 0.0480. The van der Waals surface area contributed by atoms with Gasteiger partial charge in [0.2, 0.25) is 0 Å². The molecule has 310 valence electrons. The van der Waals surface area contributed by atoms with Gasteiger partial charge in [-0.05, 0) is 92.8 Å². The zero-order valence-corrected chi connectivity index (χ0v) is 35.3. The molecule has 11 rings (SSSR count). The molecule has 2 heterocycles. The third-order valence-electron chi connectivity index (χ3n) is 12.9. The molecular formula is C58H44F2N4. The molecule has 2 atom stereocenters. The lowest BCUT2D eigenvalue weighted by Crippen LogP contribution is -2.40. The van der Waals surface area contributed by atoms with Crippen LogP contribution in [0.25, 0.3) is 61.6 Å². The van der Waals surface area contributed by atoms with E-state index < -0.39 is 5.92 Å². The first-order valence-corrected chi connectivity index (χ1v) is 21.9. The van der Waals surface area contributed by atoms with Gasteiger partial charge in [0.05, 0.1) is 17.4 Å². The average Bonchev–Trinajstić information content (AvgIpc) is 3.59. The molecule has 0 saturated carbocycles. The molecule has 0 spiro atoms. The quantitative estimate of drug-likeness (QED) is 0.166. The standard InChI is InChI=1S/C58H44F2N4/c1-64-55(43-20-12-5-13-21-43)37-54(42-18-10-4-11-19-42)63-57(64)45-28-24-39(25-29-45)47-31-33-49-48-32-30-46(34-50(48)58(59,60)51(49)35-47)38-22-26-44(27-23-38)56-61-52(40-14-6-2-7-15-40)36-53(62-56)41-16-8-3-9-17-41/h2-22,24-26,28-37,54,57,63H,23,27H2,1H3. The first kappa shape index (κ1) is 39.3. The van der Waals surface area contributed by atoms with Crippen molar-refractivity contribution in [1.82, 2.24) is 20.2 Å². The minimum absolute atomic E-state index is 0.00741. The van der Waals surface area contributed by atoms with Crippen LogP contribution in [-0.2, 0) is 5.92 Å². The van der Waals surface area contributed by atoms with E-state index in [2.05, 4.69) is 114 Å². The van der Waals surface area contributed by atoms with Gasteiger partial charge >= 0.3 is 0 Å². The van der Waals surface area contributed by atoms with E-state index in [1.54, 1.807) is 12.1 Å². The summed E-state index contributed by atoms with van der Waals surface area (Å²) in [4.78, 5) is 12.3. The van der Waals surface area contributed by atoms with Gasteiger partial charge in [-0.3, -0.25) is 5.32 Å². The smallest absolute Gasteiger partial charge is 0.299 e. The Morgan fingerprint density at radius 3 is 1.58 bits per heavy atom. The maximum atomic E-state index is 16.6. The Bertz CT molecular complexity index is 3050. The van der Waals surface area contributed by atoms with E-state index in [4.69, 9.17) is 9.97 Å². The van der Waals surface area contributed by atoms with Gasteiger partial charge in [-0.2, -0.15) is 8.78 Å². The molecule has 0 fully saturated rings. The summed E-state index contributed by atoms with van der Waals surface area (Å²) in [5.41, 5.74) is 14.1. The number of benzene rings is 7. The zero-order valence-electron chi connectivity index (χ0n) is 35.3. The van der Waals surface area contributed by atoms with Crippen molar-refractivity contribution in [3.63, 3.8) is 0 Å². The van der Waals surface area contributed by atoms with Gasteiger partial charge in [-0.15, -0.1) is 0 Å². The summed E-state index contributed by atoms with van der Waals surface area (Å²) in [6, 6.07) is 62.6. The monoisotopic (exact) mass is 834 g/mol. The lowest BCUT2D eigenvalue weighted by atomic mass is 9.90. The second kappa shape index (κ2) is 16.3. The highest BCUT2D eigenvalue weighted by Gasteiger charge is 2.45. The molecule has 8 aromatic rings. The van der Waals surface area contributed by atoms with Crippen LogP contribution < -0.4 is 5.32 Å². The van der Waals surface area contributed by atoms with Crippen LogP contribution in [0.15, 0.2) is 206 Å². The van der Waals surface area contributed by atoms with Crippen LogP contribution in [0.1, 0.15) is 64.3 Å². The molecule has 1 aliphatic heterocycles. The van der Waals surface area contributed by atoms with Crippen molar-refractivity contribution >= 4 is 16.8 Å². The molecule has 0 amide bonds. The Morgan fingerprint density at radius 1 is 0.500 bits per heavy atom. The SMILES string of the molecule is CN1C(c2ccccc2)=CC(c2ccccc2)NC1c1ccc(-c2ccc3c(c2)C(F)(F)c2cc(C4=CC=C(c5nc(-c6ccccc6)cc(-c6ccccc6)n5)CC4)ccc2-3)cc1. The summed E-state index contributed by atoms with van der Waals surface area (Å²) in [6.45, 7) is 0. The minimum Gasteiger partial charge on any atom is -0.355 e. The number of rotatable bonds is 8. The van der Waals surface area contributed by atoms with Crippen LogP contribution >= 0.6 is 0 Å². The zero-order chi connectivity index (χ0) is 43.2. The maximum Gasteiger partial charge on any atom is 0.299 e. The Kier molecular flexibility index (Phi) is 10.0. The molecule has 0 radical (unpaired) electrons. The van der Waals surface area contributed by atoms with Gasteiger partial charge in [-0.25, -0.2) is 9.97 Å². The van der Waals surface area contributed by atoms with Crippen molar-refractivity contribution < 1.29 is 8.78 Å². The van der Waals surface area contributed by atoms with Gasteiger partial charge in [0.1, 0.15) is 6.17 Å². The van der Waals surface area contributed by atoms with E-state index in [9.17, 15) is 0 Å². The van der Waals surface area contributed by atoms with Crippen molar-refractivity contribution in [1.29, 1.82) is 0 Å². The number of allylic oxidation sites excluding steroid dienone is 4. The van der Waals surface area contributed by atoms with E-state index in [0.29, 0.717) is 29.8 Å². The molecule has 2 aliphatic carbocycles. The van der Waals surface area contributed by atoms with Crippen LogP contribution in [0.5, 0.6) is 0 Å². The predicted octanol–water partition coefficient (Wildman–Crippen LogP) is 14.2. The summed E-state index contributed by atoms with van der Waals surface area (Å²) >= 11 is 0.